The number of carbonyl (C=O) groups excluding carboxylic acids is 1. The lowest BCUT2D eigenvalue weighted by atomic mass is 9.71. The molecule has 1 aliphatic carbocycles. The Morgan fingerprint density at radius 3 is 2.16 bits per heavy atom. The van der Waals surface area contributed by atoms with Gasteiger partial charge in [-0.25, -0.2) is 0 Å². The molecule has 7 nitrogen and oxygen atoms in total. The van der Waals surface area contributed by atoms with Gasteiger partial charge in [-0.3, -0.25) is 4.79 Å². The molecular weight excluding hydrogens is 470 g/mol. The number of nitrogens with one attached hydrogen (secondary N) is 1. The molecule has 0 radical (unpaired) electrons. The highest BCUT2D eigenvalue weighted by molar-refractivity contribution is 6.02. The summed E-state index contributed by atoms with van der Waals surface area (Å²) < 4.78 is 28.0. The van der Waals surface area contributed by atoms with Crippen LogP contribution in [0, 0.1) is 6.92 Å². The van der Waals surface area contributed by atoms with Crippen LogP contribution in [0.2, 0.25) is 0 Å². The molecular formula is C30H29NO6. The highest BCUT2D eigenvalue weighted by atomic mass is 16.7. The minimum Gasteiger partial charge on any atom is -0.493 e. The molecule has 0 saturated heterocycles. The quantitative estimate of drug-likeness (QED) is 0.482. The van der Waals surface area contributed by atoms with Crippen molar-refractivity contribution in [3.8, 4) is 28.7 Å². The fraction of sp³-hybridized carbons (Fsp3) is 0.300. The summed E-state index contributed by atoms with van der Waals surface area (Å²) in [5, 5.41) is 3.59. The number of ketones is 1. The van der Waals surface area contributed by atoms with Gasteiger partial charge in [0.25, 0.3) is 0 Å². The minimum absolute atomic E-state index is 0.0401. The van der Waals surface area contributed by atoms with Crippen LogP contribution in [-0.4, -0.2) is 33.9 Å². The first-order valence-electron chi connectivity index (χ1n) is 12.3. The second kappa shape index (κ2) is 9.07. The summed E-state index contributed by atoms with van der Waals surface area (Å²) in [6, 6.07) is 16.3. The Morgan fingerprint density at radius 1 is 0.838 bits per heavy atom. The molecule has 0 amide bonds. The van der Waals surface area contributed by atoms with E-state index >= 15 is 0 Å². The highest BCUT2D eigenvalue weighted by Crippen LogP contribution is 2.52. The summed E-state index contributed by atoms with van der Waals surface area (Å²) in [6.45, 7) is 2.26. The van der Waals surface area contributed by atoms with Crippen molar-refractivity contribution in [2.45, 2.75) is 31.6 Å². The van der Waals surface area contributed by atoms with E-state index in [1.807, 2.05) is 24.3 Å². The summed E-state index contributed by atoms with van der Waals surface area (Å²) in [7, 11) is 4.79. The van der Waals surface area contributed by atoms with E-state index in [1.54, 1.807) is 21.3 Å². The number of aryl methyl sites for hydroxylation is 1. The SMILES string of the molecule is COc1cc([C@H]2CC(=O)C3=C(C2)Nc2cc4c(cc2[C@@H]3c2ccc(C)cc2)OCO4)cc(OC)c1OC. The highest BCUT2D eigenvalue weighted by Gasteiger charge is 2.39. The van der Waals surface area contributed by atoms with Gasteiger partial charge in [0, 0.05) is 35.4 Å². The van der Waals surface area contributed by atoms with Crippen LogP contribution in [-0.2, 0) is 4.79 Å². The monoisotopic (exact) mass is 499 g/mol. The first-order valence-corrected chi connectivity index (χ1v) is 12.3. The lowest BCUT2D eigenvalue weighted by Gasteiger charge is -2.37. The zero-order valence-electron chi connectivity index (χ0n) is 21.3. The Balaban J connectivity index is 1.45. The third-order valence-electron chi connectivity index (χ3n) is 7.51. The largest absolute Gasteiger partial charge is 0.493 e. The summed E-state index contributed by atoms with van der Waals surface area (Å²) in [5.41, 5.74) is 6.94. The van der Waals surface area contributed by atoms with E-state index < -0.39 is 0 Å². The van der Waals surface area contributed by atoms with Gasteiger partial charge in [-0.1, -0.05) is 29.8 Å². The molecule has 2 aliphatic heterocycles. The molecule has 1 N–H and O–H groups in total. The molecule has 37 heavy (non-hydrogen) atoms. The number of methoxy groups -OCH3 is 3. The number of rotatable bonds is 5. The molecule has 2 atom stereocenters. The van der Waals surface area contributed by atoms with Crippen LogP contribution in [0.25, 0.3) is 0 Å². The number of carbonyl (C=O) groups is 1. The van der Waals surface area contributed by atoms with E-state index in [1.165, 1.54) is 5.56 Å². The number of fused-ring (bicyclic) bond motifs is 2. The smallest absolute Gasteiger partial charge is 0.231 e. The predicted molar refractivity (Wildman–Crippen MR) is 139 cm³/mol. The van der Waals surface area contributed by atoms with E-state index in [0.29, 0.717) is 41.6 Å². The third-order valence-corrected chi connectivity index (χ3v) is 7.51. The molecule has 6 rings (SSSR count). The third kappa shape index (κ3) is 3.86. The standard InChI is InChI=1S/C30H29NO6/c1-16-5-7-17(8-6-16)28-20-13-24-25(37-15-36-24)14-21(20)31-22-9-18(10-23(32)29(22)28)19-11-26(33-2)30(35-4)27(12-19)34-3/h5-8,11-14,18,28,31H,9-10,15H2,1-4H3/t18-,28+/m1/s1. The zero-order chi connectivity index (χ0) is 25.7. The zero-order valence-corrected chi connectivity index (χ0v) is 21.3. The number of allylic oxidation sites excluding steroid dienone is 2. The Kier molecular flexibility index (Phi) is 5.71. The summed E-state index contributed by atoms with van der Waals surface area (Å²) in [4.78, 5) is 13.9. The van der Waals surface area contributed by atoms with E-state index in [-0.39, 0.29) is 24.4 Å². The maximum absolute atomic E-state index is 13.9. The number of hydrogen-bond acceptors (Lipinski definition) is 7. The second-order valence-corrected chi connectivity index (χ2v) is 9.64. The fourth-order valence-electron chi connectivity index (χ4n) is 5.68. The van der Waals surface area contributed by atoms with Crippen molar-refractivity contribution in [2.24, 2.45) is 0 Å². The van der Waals surface area contributed by atoms with Gasteiger partial charge in [0.15, 0.2) is 28.8 Å². The predicted octanol–water partition coefficient (Wildman–Crippen LogP) is 5.71. The maximum Gasteiger partial charge on any atom is 0.231 e. The average Bonchev–Trinajstić information content (AvgIpc) is 3.37. The molecule has 7 heteroatoms. The number of benzene rings is 3. The van der Waals surface area contributed by atoms with Crippen LogP contribution in [0.5, 0.6) is 28.7 Å². The van der Waals surface area contributed by atoms with Gasteiger partial charge < -0.3 is 29.0 Å². The van der Waals surface area contributed by atoms with E-state index in [4.69, 9.17) is 23.7 Å². The molecule has 3 aromatic rings. The molecule has 190 valence electrons. The van der Waals surface area contributed by atoms with Crippen LogP contribution in [0.3, 0.4) is 0 Å². The molecule has 0 spiro atoms. The Labute approximate surface area is 215 Å². The van der Waals surface area contributed by atoms with Gasteiger partial charge in [0.1, 0.15) is 0 Å². The van der Waals surface area contributed by atoms with Crippen LogP contribution in [0.1, 0.15) is 46.9 Å². The fourth-order valence-corrected chi connectivity index (χ4v) is 5.68. The van der Waals surface area contributed by atoms with Crippen molar-refractivity contribution in [3.05, 3.63) is 82.1 Å². The van der Waals surface area contributed by atoms with Crippen molar-refractivity contribution >= 4 is 11.5 Å². The molecule has 2 heterocycles. The van der Waals surface area contributed by atoms with Crippen LogP contribution in [0.4, 0.5) is 5.69 Å². The van der Waals surface area contributed by atoms with Crippen molar-refractivity contribution in [3.63, 3.8) is 0 Å². The molecule has 0 unspecified atom stereocenters. The van der Waals surface area contributed by atoms with E-state index in [9.17, 15) is 4.79 Å². The van der Waals surface area contributed by atoms with Gasteiger partial charge in [-0.2, -0.15) is 0 Å². The molecule has 0 bridgehead atoms. The van der Waals surface area contributed by atoms with Crippen LogP contribution >= 0.6 is 0 Å². The minimum atomic E-state index is -0.185. The van der Waals surface area contributed by atoms with Crippen molar-refractivity contribution < 1.29 is 28.5 Å². The summed E-state index contributed by atoms with van der Waals surface area (Å²) >= 11 is 0. The molecule has 0 aromatic heterocycles. The van der Waals surface area contributed by atoms with Crippen LogP contribution < -0.4 is 29.0 Å². The summed E-state index contributed by atoms with van der Waals surface area (Å²) in [6.07, 6.45) is 1.07. The normalized spacial score (nSPS) is 19.6. The maximum atomic E-state index is 13.9. The van der Waals surface area contributed by atoms with Crippen molar-refractivity contribution in [1.29, 1.82) is 0 Å². The average molecular weight is 500 g/mol. The molecule has 0 fully saturated rings. The van der Waals surface area contributed by atoms with Crippen molar-refractivity contribution in [2.75, 3.05) is 33.4 Å². The number of Topliss-reactive ketones (excluding diaryl/α,β-unsaturated/α-hetero) is 1. The van der Waals surface area contributed by atoms with Gasteiger partial charge in [-0.15, -0.1) is 0 Å². The van der Waals surface area contributed by atoms with E-state index in [2.05, 4.69) is 36.5 Å². The van der Waals surface area contributed by atoms with Gasteiger partial charge in [-0.05, 0) is 54.2 Å². The molecule has 0 saturated carbocycles. The number of anilines is 1. The van der Waals surface area contributed by atoms with Crippen LogP contribution in [0.15, 0.2) is 59.8 Å². The molecule has 3 aromatic carbocycles. The lowest BCUT2D eigenvalue weighted by molar-refractivity contribution is -0.116. The van der Waals surface area contributed by atoms with Crippen molar-refractivity contribution in [1.82, 2.24) is 0 Å². The van der Waals surface area contributed by atoms with Gasteiger partial charge in [0.05, 0.1) is 21.3 Å². The second-order valence-electron chi connectivity index (χ2n) is 9.64. The van der Waals surface area contributed by atoms with E-state index in [0.717, 1.165) is 33.6 Å². The topological polar surface area (TPSA) is 75.3 Å². The summed E-state index contributed by atoms with van der Waals surface area (Å²) in [5.74, 6) is 3.02. The number of hydrogen-bond donors (Lipinski definition) is 1. The molecule has 3 aliphatic rings. The first kappa shape index (κ1) is 23.3. The Bertz CT molecular complexity index is 1400. The number of ether oxygens (including phenoxy) is 5. The Hall–Kier alpha value is -4.13. The van der Waals surface area contributed by atoms with Gasteiger partial charge in [0.2, 0.25) is 12.5 Å². The Morgan fingerprint density at radius 2 is 1.51 bits per heavy atom. The first-order chi connectivity index (χ1) is 18.0. The van der Waals surface area contributed by atoms with Gasteiger partial charge >= 0.3 is 0 Å². The lowest BCUT2D eigenvalue weighted by Crippen LogP contribution is -2.29.